The molecule has 0 fully saturated rings. The van der Waals surface area contributed by atoms with Crippen molar-refractivity contribution in [2.45, 2.75) is 6.92 Å². The molecule has 1 aromatic carbocycles. The average Bonchev–Trinajstić information content (AvgIpc) is 2.66. The highest BCUT2D eigenvalue weighted by atomic mass is 16.3. The minimum Gasteiger partial charge on any atom is -0.462 e. The molecule has 1 aromatic heterocycles. The first-order chi connectivity index (χ1) is 8.25. The summed E-state index contributed by atoms with van der Waals surface area (Å²) in [5.41, 5.74) is 1.92. The molecule has 1 aliphatic rings. The fourth-order valence-electron chi connectivity index (χ4n) is 2.06. The van der Waals surface area contributed by atoms with Gasteiger partial charge in [0.15, 0.2) is 0 Å². The third-order valence-electron chi connectivity index (χ3n) is 3.01. The van der Waals surface area contributed by atoms with Crippen LogP contribution in [-0.4, -0.2) is 10.1 Å². The second-order valence-corrected chi connectivity index (χ2v) is 4.25. The Kier molecular flexibility index (Phi) is 2.18. The maximum absolute atomic E-state index is 9.94. The predicted octanol–water partition coefficient (Wildman–Crippen LogP) is 1.36. The quantitative estimate of drug-likeness (QED) is 0.744. The van der Waals surface area contributed by atoms with Crippen molar-refractivity contribution < 1.29 is 9.35 Å². The van der Waals surface area contributed by atoms with E-state index in [9.17, 15) is 5.11 Å². The van der Waals surface area contributed by atoms with Gasteiger partial charge in [-0.25, -0.2) is 4.98 Å². The van der Waals surface area contributed by atoms with Crippen LogP contribution < -0.4 is 9.59 Å². The lowest BCUT2D eigenvalue weighted by Crippen LogP contribution is -2.37. The van der Waals surface area contributed by atoms with Gasteiger partial charge < -0.3 is 5.11 Å². The van der Waals surface area contributed by atoms with Crippen molar-refractivity contribution in [3.8, 4) is 11.3 Å². The summed E-state index contributed by atoms with van der Waals surface area (Å²) < 4.78 is 1.79. The van der Waals surface area contributed by atoms with Gasteiger partial charge in [-0.3, -0.25) is 0 Å². The summed E-state index contributed by atoms with van der Waals surface area (Å²) in [6.07, 6.45) is 5.67. The van der Waals surface area contributed by atoms with Gasteiger partial charge in [0.1, 0.15) is 11.6 Å². The lowest BCUT2D eigenvalue weighted by Gasteiger charge is -1.95. The molecule has 17 heavy (non-hydrogen) atoms. The van der Waals surface area contributed by atoms with Gasteiger partial charge in [0.2, 0.25) is 11.5 Å². The summed E-state index contributed by atoms with van der Waals surface area (Å²) in [6, 6.07) is 9.95. The molecule has 0 saturated heterocycles. The van der Waals surface area contributed by atoms with Crippen LogP contribution in [-0.2, 0) is 0 Å². The van der Waals surface area contributed by atoms with Gasteiger partial charge >= 0.3 is 5.90 Å². The van der Waals surface area contributed by atoms with E-state index in [-0.39, 0.29) is 5.92 Å². The zero-order valence-electron chi connectivity index (χ0n) is 9.54. The highest BCUT2D eigenvalue weighted by molar-refractivity contribution is 5.56. The van der Waals surface area contributed by atoms with Crippen LogP contribution in [0.2, 0.25) is 0 Å². The standard InChI is InChI=1S/C14H12N2O/c1-10-7-12-8-15-13(9-16(12)14(10)17)11-5-3-2-4-6-11/h2-10H,1H3/p+1. The summed E-state index contributed by atoms with van der Waals surface area (Å²) in [6.45, 7) is 1.96. The molecule has 0 bridgehead atoms. The van der Waals surface area contributed by atoms with Crippen LogP contribution in [0.15, 0.2) is 42.7 Å². The molecule has 2 aromatic rings. The van der Waals surface area contributed by atoms with E-state index in [1.807, 2.05) is 49.5 Å². The van der Waals surface area contributed by atoms with Gasteiger partial charge in [-0.05, 0) is 6.92 Å². The molecule has 3 heteroatoms. The first-order valence-electron chi connectivity index (χ1n) is 5.64. The smallest absolute Gasteiger partial charge is 0.352 e. The van der Waals surface area contributed by atoms with Gasteiger partial charge in [-0.1, -0.05) is 30.3 Å². The Morgan fingerprint density at radius 3 is 2.76 bits per heavy atom. The molecule has 0 spiro atoms. The Hall–Kier alpha value is -2.16. The molecule has 1 unspecified atom stereocenters. The molecule has 0 aliphatic carbocycles. The number of aromatic nitrogens is 2. The molecule has 0 amide bonds. The first-order valence-corrected chi connectivity index (χ1v) is 5.64. The van der Waals surface area contributed by atoms with Crippen LogP contribution in [0, 0.1) is 11.8 Å². The molecular formula is C14H13N2O+. The molecule has 3 nitrogen and oxygen atoms in total. The summed E-state index contributed by atoms with van der Waals surface area (Å²) in [4.78, 5) is 4.41. The van der Waals surface area contributed by atoms with Crippen LogP contribution in [0.25, 0.3) is 17.3 Å². The van der Waals surface area contributed by atoms with Crippen LogP contribution in [0.5, 0.6) is 0 Å². The SMILES string of the molecule is CC1C=c2cnc(-c3ccccc3)c[n+]2=C1O. The Morgan fingerprint density at radius 2 is 2.00 bits per heavy atom. The Morgan fingerprint density at radius 1 is 1.24 bits per heavy atom. The second-order valence-electron chi connectivity index (χ2n) is 4.25. The van der Waals surface area contributed by atoms with Crippen LogP contribution in [0.1, 0.15) is 6.92 Å². The zero-order valence-corrected chi connectivity index (χ0v) is 9.54. The summed E-state index contributed by atoms with van der Waals surface area (Å²) in [5, 5.41) is 10.9. The van der Waals surface area contributed by atoms with Crippen LogP contribution in [0.4, 0.5) is 0 Å². The van der Waals surface area contributed by atoms with E-state index < -0.39 is 0 Å². The summed E-state index contributed by atoms with van der Waals surface area (Å²) in [7, 11) is 0. The van der Waals surface area contributed by atoms with E-state index in [4.69, 9.17) is 0 Å². The number of hydrogen-bond donors (Lipinski definition) is 1. The largest absolute Gasteiger partial charge is 0.462 e. The van der Waals surface area contributed by atoms with Crippen molar-refractivity contribution in [2.24, 2.45) is 5.92 Å². The van der Waals surface area contributed by atoms with Crippen molar-refractivity contribution in [3.63, 3.8) is 0 Å². The molecular weight excluding hydrogens is 212 g/mol. The normalized spacial score (nSPS) is 17.7. The van der Waals surface area contributed by atoms with Crippen molar-refractivity contribution in [3.05, 3.63) is 54.0 Å². The fourth-order valence-corrected chi connectivity index (χ4v) is 2.06. The van der Waals surface area contributed by atoms with Crippen molar-refractivity contribution in [2.75, 3.05) is 0 Å². The minimum atomic E-state index is 0.0582. The number of hydrogen-bond acceptors (Lipinski definition) is 2. The maximum atomic E-state index is 9.94. The number of rotatable bonds is 1. The minimum absolute atomic E-state index is 0.0582. The van der Waals surface area contributed by atoms with Gasteiger partial charge in [0, 0.05) is 11.6 Å². The summed E-state index contributed by atoms with van der Waals surface area (Å²) >= 11 is 0. The molecule has 1 atom stereocenters. The van der Waals surface area contributed by atoms with Crippen molar-refractivity contribution >= 4 is 6.08 Å². The van der Waals surface area contributed by atoms with Crippen LogP contribution in [0.3, 0.4) is 0 Å². The fraction of sp³-hybridized carbons (Fsp3) is 0.143. The first kappa shape index (κ1) is 10.0. The van der Waals surface area contributed by atoms with Gasteiger partial charge in [-0.15, -0.1) is 4.24 Å². The summed E-state index contributed by atoms with van der Waals surface area (Å²) in [5.74, 6) is 0.419. The van der Waals surface area contributed by atoms with Gasteiger partial charge in [0.25, 0.3) is 0 Å². The monoisotopic (exact) mass is 225 g/mol. The number of benzene rings is 1. The third kappa shape index (κ3) is 1.60. The van der Waals surface area contributed by atoms with E-state index in [0.717, 1.165) is 16.6 Å². The van der Waals surface area contributed by atoms with Crippen molar-refractivity contribution in [1.82, 2.24) is 4.98 Å². The Balaban J connectivity index is 2.23. The molecule has 0 radical (unpaired) electrons. The average molecular weight is 225 g/mol. The third-order valence-corrected chi connectivity index (χ3v) is 3.01. The van der Waals surface area contributed by atoms with E-state index in [1.165, 1.54) is 0 Å². The van der Waals surface area contributed by atoms with Gasteiger partial charge in [0.05, 0.1) is 6.20 Å². The second kappa shape index (κ2) is 3.70. The Labute approximate surface area is 99.0 Å². The number of aliphatic hydroxyl groups excluding tert-OH is 1. The molecule has 1 aliphatic heterocycles. The Bertz CT molecular complexity index is 677. The number of fused-ring (bicyclic) bond motifs is 1. The highest BCUT2D eigenvalue weighted by Crippen LogP contribution is 2.13. The van der Waals surface area contributed by atoms with E-state index in [2.05, 4.69) is 4.98 Å². The highest BCUT2D eigenvalue weighted by Gasteiger charge is 2.22. The lowest BCUT2D eigenvalue weighted by atomic mass is 10.2. The lowest BCUT2D eigenvalue weighted by molar-refractivity contribution is -0.555. The maximum Gasteiger partial charge on any atom is 0.352 e. The zero-order chi connectivity index (χ0) is 11.8. The predicted molar refractivity (Wildman–Crippen MR) is 64.4 cm³/mol. The number of aliphatic hydroxyl groups is 1. The molecule has 0 saturated carbocycles. The number of nitrogens with zero attached hydrogens (tertiary/aromatic N) is 2. The van der Waals surface area contributed by atoms with Crippen LogP contribution >= 0.6 is 0 Å². The molecule has 1 N–H and O–H groups in total. The van der Waals surface area contributed by atoms with E-state index in [1.54, 1.807) is 10.4 Å². The van der Waals surface area contributed by atoms with Crippen molar-refractivity contribution in [1.29, 1.82) is 0 Å². The van der Waals surface area contributed by atoms with E-state index in [0.29, 0.717) is 5.90 Å². The molecule has 3 rings (SSSR count). The molecule has 2 heterocycles. The topological polar surface area (TPSA) is 39.0 Å². The molecule has 84 valence electrons. The van der Waals surface area contributed by atoms with E-state index >= 15 is 0 Å². The van der Waals surface area contributed by atoms with Gasteiger partial charge in [-0.2, -0.15) is 0 Å².